The van der Waals surface area contributed by atoms with E-state index in [4.69, 9.17) is 4.74 Å². The lowest BCUT2D eigenvalue weighted by atomic mass is 10.0. The van der Waals surface area contributed by atoms with Gasteiger partial charge in [0.05, 0.1) is 11.4 Å². The fraction of sp³-hybridized carbons (Fsp3) is 0.458. The van der Waals surface area contributed by atoms with Crippen LogP contribution in [0.2, 0.25) is 0 Å². The summed E-state index contributed by atoms with van der Waals surface area (Å²) in [6.45, 7) is 9.79. The van der Waals surface area contributed by atoms with E-state index in [0.717, 1.165) is 28.9 Å². The van der Waals surface area contributed by atoms with Crippen LogP contribution in [0.1, 0.15) is 38.1 Å². The van der Waals surface area contributed by atoms with Gasteiger partial charge in [-0.2, -0.15) is 0 Å². The molecule has 3 aromatic rings. The number of hydrogen-bond donors (Lipinski definition) is 0. The Morgan fingerprint density at radius 2 is 1.97 bits per heavy atom. The molecule has 7 heteroatoms. The summed E-state index contributed by atoms with van der Waals surface area (Å²) in [6, 6.07) is 12.7. The Balaban J connectivity index is 1.65. The van der Waals surface area contributed by atoms with Crippen molar-refractivity contribution >= 4 is 33.5 Å². The number of hydrogen-bond acceptors (Lipinski definition) is 6. The molecule has 1 aliphatic rings. The summed E-state index contributed by atoms with van der Waals surface area (Å²) in [5.41, 5.74) is 0.739. The standard InChI is InChI=1S/C24H30N4O2S/c1-5-19-14-20-21(25-16-26-22(20)31-19)28-12-11-27(23(29)30-24(2,3)4)15-18(28)13-17-9-7-6-8-10-17/h6-10,14,16,18H,5,11-13,15H2,1-4H3. The number of anilines is 1. The van der Waals surface area contributed by atoms with Crippen LogP contribution in [0.4, 0.5) is 10.6 Å². The van der Waals surface area contributed by atoms with Gasteiger partial charge in [0.25, 0.3) is 0 Å². The summed E-state index contributed by atoms with van der Waals surface area (Å²) < 4.78 is 5.65. The summed E-state index contributed by atoms with van der Waals surface area (Å²) in [6.07, 6.45) is 3.23. The van der Waals surface area contributed by atoms with E-state index >= 15 is 0 Å². The summed E-state index contributed by atoms with van der Waals surface area (Å²) in [5, 5.41) is 1.10. The first kappa shape index (κ1) is 21.6. The highest BCUT2D eigenvalue weighted by molar-refractivity contribution is 7.18. The van der Waals surface area contributed by atoms with Crippen LogP contribution in [-0.2, 0) is 17.6 Å². The molecule has 0 N–H and O–H groups in total. The van der Waals surface area contributed by atoms with E-state index in [1.807, 2.05) is 31.7 Å². The van der Waals surface area contributed by atoms with Gasteiger partial charge in [-0.1, -0.05) is 37.3 Å². The second-order valence-corrected chi connectivity index (χ2v) is 10.1. The Bertz CT molecular complexity index is 1040. The van der Waals surface area contributed by atoms with Gasteiger partial charge in [0.2, 0.25) is 0 Å². The zero-order valence-electron chi connectivity index (χ0n) is 18.7. The fourth-order valence-corrected chi connectivity index (χ4v) is 4.91. The summed E-state index contributed by atoms with van der Waals surface area (Å²) in [5.74, 6) is 0.964. The molecule has 1 aromatic carbocycles. The number of aryl methyl sites for hydroxylation is 1. The van der Waals surface area contributed by atoms with Crippen LogP contribution in [0.15, 0.2) is 42.7 Å². The number of benzene rings is 1. The number of thiophene rings is 1. The molecule has 1 amide bonds. The minimum atomic E-state index is -0.505. The number of fused-ring (bicyclic) bond motifs is 1. The molecule has 1 unspecified atom stereocenters. The predicted octanol–water partition coefficient (Wildman–Crippen LogP) is 4.92. The van der Waals surface area contributed by atoms with Crippen LogP contribution in [0.25, 0.3) is 10.2 Å². The maximum atomic E-state index is 12.8. The quantitative estimate of drug-likeness (QED) is 0.579. The van der Waals surface area contributed by atoms with Crippen molar-refractivity contribution < 1.29 is 9.53 Å². The van der Waals surface area contributed by atoms with Gasteiger partial charge in [0.1, 0.15) is 22.6 Å². The van der Waals surface area contributed by atoms with Crippen molar-refractivity contribution in [2.45, 2.75) is 52.2 Å². The van der Waals surface area contributed by atoms with E-state index in [2.05, 4.69) is 52.1 Å². The van der Waals surface area contributed by atoms with Crippen LogP contribution in [0, 0.1) is 0 Å². The highest BCUT2D eigenvalue weighted by Crippen LogP contribution is 2.33. The SMILES string of the molecule is CCc1cc2c(N3CCN(C(=O)OC(C)(C)C)CC3Cc3ccccc3)ncnc2s1. The van der Waals surface area contributed by atoms with Gasteiger partial charge in [0.15, 0.2) is 0 Å². The molecule has 0 radical (unpaired) electrons. The molecule has 1 aliphatic heterocycles. The largest absolute Gasteiger partial charge is 0.444 e. The first-order chi connectivity index (χ1) is 14.8. The van der Waals surface area contributed by atoms with Gasteiger partial charge in [0, 0.05) is 24.5 Å². The van der Waals surface area contributed by atoms with E-state index in [1.165, 1.54) is 10.4 Å². The van der Waals surface area contributed by atoms with Crippen molar-refractivity contribution in [3.05, 3.63) is 53.2 Å². The molecule has 4 rings (SSSR count). The molecule has 164 valence electrons. The Kier molecular flexibility index (Phi) is 6.14. The Morgan fingerprint density at radius 1 is 1.19 bits per heavy atom. The van der Waals surface area contributed by atoms with Crippen LogP contribution in [0.5, 0.6) is 0 Å². The first-order valence-electron chi connectivity index (χ1n) is 10.9. The highest BCUT2D eigenvalue weighted by atomic mass is 32.1. The average molecular weight is 439 g/mol. The second kappa shape index (κ2) is 8.83. The maximum Gasteiger partial charge on any atom is 0.410 e. The highest BCUT2D eigenvalue weighted by Gasteiger charge is 2.33. The molecule has 0 spiro atoms. The number of carbonyl (C=O) groups is 1. The van der Waals surface area contributed by atoms with Crippen LogP contribution in [0.3, 0.4) is 0 Å². The summed E-state index contributed by atoms with van der Waals surface area (Å²) >= 11 is 1.73. The van der Waals surface area contributed by atoms with Gasteiger partial charge in [-0.25, -0.2) is 14.8 Å². The third-order valence-electron chi connectivity index (χ3n) is 5.43. The molecular formula is C24H30N4O2S. The maximum absolute atomic E-state index is 12.8. The van der Waals surface area contributed by atoms with Gasteiger partial charge >= 0.3 is 6.09 Å². The second-order valence-electron chi connectivity index (χ2n) is 8.95. The molecule has 3 heterocycles. The van der Waals surface area contributed by atoms with E-state index in [0.29, 0.717) is 19.6 Å². The minimum Gasteiger partial charge on any atom is -0.444 e. The monoisotopic (exact) mass is 438 g/mol. The van der Waals surface area contributed by atoms with Gasteiger partial charge in [-0.15, -0.1) is 11.3 Å². The van der Waals surface area contributed by atoms with E-state index < -0.39 is 5.60 Å². The summed E-state index contributed by atoms with van der Waals surface area (Å²) in [4.78, 5) is 28.5. The minimum absolute atomic E-state index is 0.103. The molecule has 31 heavy (non-hydrogen) atoms. The van der Waals surface area contributed by atoms with Crippen LogP contribution < -0.4 is 4.90 Å². The fourth-order valence-electron chi connectivity index (χ4n) is 3.98. The lowest BCUT2D eigenvalue weighted by molar-refractivity contribution is 0.0214. The molecule has 1 atom stereocenters. The number of aromatic nitrogens is 2. The zero-order chi connectivity index (χ0) is 22.0. The van der Waals surface area contributed by atoms with Gasteiger partial charge in [-0.3, -0.25) is 0 Å². The Morgan fingerprint density at radius 3 is 2.68 bits per heavy atom. The molecular weight excluding hydrogens is 408 g/mol. The molecule has 2 aromatic heterocycles. The van der Waals surface area contributed by atoms with Gasteiger partial charge < -0.3 is 14.5 Å². The third kappa shape index (κ3) is 4.98. The van der Waals surface area contributed by atoms with E-state index in [9.17, 15) is 4.79 Å². The molecule has 0 aliphatic carbocycles. The molecule has 1 saturated heterocycles. The van der Waals surface area contributed by atoms with Crippen molar-refractivity contribution in [3.8, 4) is 0 Å². The number of amides is 1. The van der Waals surface area contributed by atoms with Crippen molar-refractivity contribution in [3.63, 3.8) is 0 Å². The topological polar surface area (TPSA) is 58.6 Å². The number of ether oxygens (including phenoxy) is 1. The van der Waals surface area contributed by atoms with Crippen molar-refractivity contribution in [1.82, 2.24) is 14.9 Å². The number of piperazine rings is 1. The van der Waals surface area contributed by atoms with Crippen molar-refractivity contribution in [1.29, 1.82) is 0 Å². The van der Waals surface area contributed by atoms with Crippen molar-refractivity contribution in [2.24, 2.45) is 0 Å². The molecule has 1 fully saturated rings. The number of rotatable bonds is 4. The Labute approximate surface area is 187 Å². The Hall–Kier alpha value is -2.67. The normalized spacial score (nSPS) is 17.2. The third-order valence-corrected chi connectivity index (χ3v) is 6.62. The average Bonchev–Trinajstić information content (AvgIpc) is 3.17. The molecule has 6 nitrogen and oxygen atoms in total. The number of carbonyl (C=O) groups excluding carboxylic acids is 1. The lowest BCUT2D eigenvalue weighted by Crippen LogP contribution is -2.56. The molecule has 0 saturated carbocycles. The first-order valence-corrected chi connectivity index (χ1v) is 11.7. The van der Waals surface area contributed by atoms with E-state index in [-0.39, 0.29) is 12.1 Å². The smallest absolute Gasteiger partial charge is 0.410 e. The van der Waals surface area contributed by atoms with Crippen molar-refractivity contribution in [2.75, 3.05) is 24.5 Å². The van der Waals surface area contributed by atoms with E-state index in [1.54, 1.807) is 17.7 Å². The lowest BCUT2D eigenvalue weighted by Gasteiger charge is -2.42. The van der Waals surface area contributed by atoms with Gasteiger partial charge in [-0.05, 0) is 45.2 Å². The van der Waals surface area contributed by atoms with Crippen LogP contribution >= 0.6 is 11.3 Å². The number of nitrogens with zero attached hydrogens (tertiary/aromatic N) is 4. The predicted molar refractivity (Wildman–Crippen MR) is 126 cm³/mol. The van der Waals surface area contributed by atoms with Crippen LogP contribution in [-0.4, -0.2) is 52.2 Å². The molecule has 0 bridgehead atoms. The zero-order valence-corrected chi connectivity index (χ0v) is 19.5. The summed E-state index contributed by atoms with van der Waals surface area (Å²) in [7, 11) is 0.